The lowest BCUT2D eigenvalue weighted by Crippen LogP contribution is -2.16. The normalized spacial score (nSPS) is 10.8. The van der Waals surface area contributed by atoms with Crippen molar-refractivity contribution in [2.45, 2.75) is 19.9 Å². The molecular weight excluding hydrogens is 254 g/mol. The summed E-state index contributed by atoms with van der Waals surface area (Å²) in [4.78, 5) is 5.38. The number of hydrogen-bond acceptors (Lipinski definition) is 3. The summed E-state index contributed by atoms with van der Waals surface area (Å²) in [6.07, 6.45) is 2.74. The zero-order valence-electron chi connectivity index (χ0n) is 10.0. The van der Waals surface area contributed by atoms with Gasteiger partial charge >= 0.3 is 0 Å². The quantitative estimate of drug-likeness (QED) is 0.843. The maximum atomic E-state index is 12.9. The number of nitrogens with one attached hydrogen (secondary N) is 1. The standard InChI is InChI=1S/C13H14F2N2S/c1-9-17-8-13(18-9)2-3-16-7-10-4-11(14)6-12(15)5-10/h4-6,8,16H,2-3,7H2,1H3. The molecule has 18 heavy (non-hydrogen) atoms. The number of benzene rings is 1. The molecule has 5 heteroatoms. The summed E-state index contributed by atoms with van der Waals surface area (Å²) in [6.45, 7) is 3.20. The predicted molar refractivity (Wildman–Crippen MR) is 68.6 cm³/mol. The zero-order chi connectivity index (χ0) is 13.0. The number of halogens is 2. The highest BCUT2D eigenvalue weighted by molar-refractivity contribution is 7.11. The number of aromatic nitrogens is 1. The Balaban J connectivity index is 1.78. The third-order valence-electron chi connectivity index (χ3n) is 2.47. The SMILES string of the molecule is Cc1ncc(CCNCc2cc(F)cc(F)c2)s1. The van der Waals surface area contributed by atoms with Gasteiger partial charge in [0.2, 0.25) is 0 Å². The van der Waals surface area contributed by atoms with E-state index in [1.807, 2.05) is 13.1 Å². The highest BCUT2D eigenvalue weighted by Crippen LogP contribution is 2.11. The first-order valence-corrected chi connectivity index (χ1v) is 6.52. The molecule has 1 aromatic heterocycles. The van der Waals surface area contributed by atoms with Crippen LogP contribution in [0.1, 0.15) is 15.4 Å². The van der Waals surface area contributed by atoms with Crippen molar-refractivity contribution in [1.82, 2.24) is 10.3 Å². The Kier molecular flexibility index (Phi) is 4.38. The van der Waals surface area contributed by atoms with E-state index in [-0.39, 0.29) is 0 Å². The van der Waals surface area contributed by atoms with E-state index in [9.17, 15) is 8.78 Å². The molecule has 2 rings (SSSR count). The minimum absolute atomic E-state index is 0.465. The summed E-state index contributed by atoms with van der Waals surface area (Å²) < 4.78 is 25.9. The van der Waals surface area contributed by atoms with Crippen LogP contribution >= 0.6 is 11.3 Å². The monoisotopic (exact) mass is 268 g/mol. The van der Waals surface area contributed by atoms with Gasteiger partial charge in [-0.3, -0.25) is 0 Å². The molecule has 0 fully saturated rings. The second-order valence-corrected chi connectivity index (χ2v) is 5.37. The smallest absolute Gasteiger partial charge is 0.126 e. The summed E-state index contributed by atoms with van der Waals surface area (Å²) in [5.74, 6) is -1.07. The Labute approximate surface area is 109 Å². The molecule has 2 aromatic rings. The van der Waals surface area contributed by atoms with E-state index < -0.39 is 11.6 Å². The number of aryl methyl sites for hydroxylation is 1. The summed E-state index contributed by atoms with van der Waals surface area (Å²) >= 11 is 1.67. The van der Waals surface area contributed by atoms with Gasteiger partial charge in [0, 0.05) is 30.2 Å². The van der Waals surface area contributed by atoms with E-state index in [0.29, 0.717) is 12.1 Å². The minimum atomic E-state index is -0.537. The topological polar surface area (TPSA) is 24.9 Å². The fourth-order valence-electron chi connectivity index (χ4n) is 1.68. The first kappa shape index (κ1) is 13.1. The largest absolute Gasteiger partial charge is 0.312 e. The van der Waals surface area contributed by atoms with Gasteiger partial charge in [0.05, 0.1) is 5.01 Å². The zero-order valence-corrected chi connectivity index (χ0v) is 10.9. The molecule has 0 atom stereocenters. The summed E-state index contributed by atoms with van der Waals surface area (Å²) in [5, 5.41) is 4.21. The van der Waals surface area contributed by atoms with Crippen molar-refractivity contribution in [3.05, 3.63) is 51.5 Å². The minimum Gasteiger partial charge on any atom is -0.312 e. The van der Waals surface area contributed by atoms with Gasteiger partial charge < -0.3 is 5.32 Å². The Morgan fingerprint density at radius 3 is 2.56 bits per heavy atom. The van der Waals surface area contributed by atoms with Crippen LogP contribution in [0.15, 0.2) is 24.4 Å². The van der Waals surface area contributed by atoms with E-state index in [1.54, 1.807) is 11.3 Å². The van der Waals surface area contributed by atoms with Crippen LogP contribution in [0.25, 0.3) is 0 Å². The van der Waals surface area contributed by atoms with Crippen LogP contribution in [0.5, 0.6) is 0 Å². The van der Waals surface area contributed by atoms with Crippen LogP contribution in [0, 0.1) is 18.6 Å². The van der Waals surface area contributed by atoms with E-state index in [2.05, 4.69) is 10.3 Å². The third-order valence-corrected chi connectivity index (χ3v) is 3.44. The van der Waals surface area contributed by atoms with Gasteiger partial charge in [-0.1, -0.05) is 0 Å². The Morgan fingerprint density at radius 2 is 1.94 bits per heavy atom. The van der Waals surface area contributed by atoms with Crippen LogP contribution < -0.4 is 5.32 Å². The van der Waals surface area contributed by atoms with Crippen LogP contribution in [-0.4, -0.2) is 11.5 Å². The molecule has 2 nitrogen and oxygen atoms in total. The third kappa shape index (κ3) is 3.85. The molecule has 0 unspecified atom stereocenters. The van der Waals surface area contributed by atoms with Gasteiger partial charge in [-0.2, -0.15) is 0 Å². The molecule has 0 saturated carbocycles. The Bertz CT molecular complexity index is 505. The van der Waals surface area contributed by atoms with Crippen molar-refractivity contribution in [3.63, 3.8) is 0 Å². The van der Waals surface area contributed by atoms with Crippen molar-refractivity contribution >= 4 is 11.3 Å². The average Bonchev–Trinajstić information content (AvgIpc) is 2.69. The molecule has 0 aliphatic heterocycles. The van der Waals surface area contributed by atoms with Crippen molar-refractivity contribution in [2.75, 3.05) is 6.54 Å². The molecule has 0 spiro atoms. The summed E-state index contributed by atoms with van der Waals surface area (Å²) in [7, 11) is 0. The van der Waals surface area contributed by atoms with Crippen molar-refractivity contribution in [3.8, 4) is 0 Å². The Hall–Kier alpha value is -1.33. The molecule has 0 amide bonds. The van der Waals surface area contributed by atoms with E-state index in [1.165, 1.54) is 17.0 Å². The van der Waals surface area contributed by atoms with Crippen molar-refractivity contribution < 1.29 is 8.78 Å². The number of nitrogens with zero attached hydrogens (tertiary/aromatic N) is 1. The fourth-order valence-corrected chi connectivity index (χ4v) is 2.47. The second-order valence-electron chi connectivity index (χ2n) is 4.05. The van der Waals surface area contributed by atoms with Gasteiger partial charge in [0.1, 0.15) is 11.6 Å². The maximum absolute atomic E-state index is 12.9. The van der Waals surface area contributed by atoms with Gasteiger partial charge in [-0.05, 0) is 31.0 Å². The number of thiazole rings is 1. The highest BCUT2D eigenvalue weighted by Gasteiger charge is 2.01. The first-order valence-electron chi connectivity index (χ1n) is 5.70. The predicted octanol–water partition coefficient (Wildman–Crippen LogP) is 3.06. The van der Waals surface area contributed by atoms with Crippen LogP contribution in [0.2, 0.25) is 0 Å². The lowest BCUT2D eigenvalue weighted by molar-refractivity contribution is 0.575. The first-order chi connectivity index (χ1) is 8.63. The molecule has 1 aromatic carbocycles. The maximum Gasteiger partial charge on any atom is 0.126 e. The van der Waals surface area contributed by atoms with Crippen LogP contribution in [0.3, 0.4) is 0 Å². The molecule has 0 aliphatic rings. The highest BCUT2D eigenvalue weighted by atomic mass is 32.1. The Morgan fingerprint density at radius 1 is 1.22 bits per heavy atom. The van der Waals surface area contributed by atoms with Crippen LogP contribution in [-0.2, 0) is 13.0 Å². The summed E-state index contributed by atoms with van der Waals surface area (Å²) in [6, 6.07) is 3.56. The molecule has 96 valence electrons. The summed E-state index contributed by atoms with van der Waals surface area (Å²) in [5.41, 5.74) is 0.619. The van der Waals surface area contributed by atoms with Crippen LogP contribution in [0.4, 0.5) is 8.78 Å². The molecule has 0 aliphatic carbocycles. The fraction of sp³-hybridized carbons (Fsp3) is 0.308. The lowest BCUT2D eigenvalue weighted by Gasteiger charge is -2.04. The number of hydrogen-bond donors (Lipinski definition) is 1. The molecule has 0 radical (unpaired) electrons. The van der Waals surface area contributed by atoms with E-state index in [4.69, 9.17) is 0 Å². The molecular formula is C13H14F2N2S. The van der Waals surface area contributed by atoms with Crippen molar-refractivity contribution in [1.29, 1.82) is 0 Å². The number of rotatable bonds is 5. The van der Waals surface area contributed by atoms with E-state index >= 15 is 0 Å². The second kappa shape index (κ2) is 6.02. The average molecular weight is 268 g/mol. The molecule has 0 bridgehead atoms. The van der Waals surface area contributed by atoms with Gasteiger partial charge in [-0.25, -0.2) is 13.8 Å². The molecule has 1 heterocycles. The van der Waals surface area contributed by atoms with Gasteiger partial charge in [0.25, 0.3) is 0 Å². The van der Waals surface area contributed by atoms with E-state index in [0.717, 1.165) is 24.0 Å². The molecule has 0 saturated heterocycles. The lowest BCUT2D eigenvalue weighted by atomic mass is 10.2. The van der Waals surface area contributed by atoms with Gasteiger partial charge in [0.15, 0.2) is 0 Å². The van der Waals surface area contributed by atoms with Gasteiger partial charge in [-0.15, -0.1) is 11.3 Å². The van der Waals surface area contributed by atoms with Crippen molar-refractivity contribution in [2.24, 2.45) is 0 Å². The molecule has 1 N–H and O–H groups in total.